The van der Waals surface area contributed by atoms with Crippen LogP contribution in [0.15, 0.2) is 34.9 Å². The maximum atomic E-state index is 5.79. The minimum Gasteiger partial charge on any atom is -0.360 e. The zero-order valence-electron chi connectivity index (χ0n) is 9.02. The standard InChI is InChI=1S/C13H14N2O/c14-8-10-6-7-11-12(10)13(15-16-11)9-4-2-1-3-5-9/h1-5,10H,6-8,14H2. The second-order valence-electron chi connectivity index (χ2n) is 4.21. The third-order valence-electron chi connectivity index (χ3n) is 3.26. The molecule has 3 rings (SSSR count). The molecule has 0 saturated carbocycles. The third-order valence-corrected chi connectivity index (χ3v) is 3.26. The van der Waals surface area contributed by atoms with E-state index in [9.17, 15) is 0 Å². The van der Waals surface area contributed by atoms with Crippen molar-refractivity contribution in [2.75, 3.05) is 6.54 Å². The average Bonchev–Trinajstić information content (AvgIpc) is 2.90. The molecule has 0 bridgehead atoms. The molecule has 3 nitrogen and oxygen atoms in total. The summed E-state index contributed by atoms with van der Waals surface area (Å²) in [4.78, 5) is 0. The van der Waals surface area contributed by atoms with Crippen LogP contribution in [0.25, 0.3) is 11.3 Å². The zero-order chi connectivity index (χ0) is 11.0. The topological polar surface area (TPSA) is 52.0 Å². The third kappa shape index (κ3) is 1.36. The molecule has 0 saturated heterocycles. The first-order valence-electron chi connectivity index (χ1n) is 5.64. The number of aromatic nitrogens is 1. The van der Waals surface area contributed by atoms with Gasteiger partial charge in [-0.2, -0.15) is 0 Å². The maximum absolute atomic E-state index is 5.79. The van der Waals surface area contributed by atoms with Gasteiger partial charge in [-0.3, -0.25) is 0 Å². The number of fused-ring (bicyclic) bond motifs is 1. The molecule has 1 heterocycles. The Morgan fingerprint density at radius 1 is 1.31 bits per heavy atom. The SMILES string of the molecule is NCC1CCc2onc(-c3ccccc3)c21. The largest absolute Gasteiger partial charge is 0.360 e. The van der Waals surface area contributed by atoms with Gasteiger partial charge in [-0.15, -0.1) is 0 Å². The molecule has 1 unspecified atom stereocenters. The highest BCUT2D eigenvalue weighted by Crippen LogP contribution is 2.39. The second-order valence-corrected chi connectivity index (χ2v) is 4.21. The van der Waals surface area contributed by atoms with Crippen LogP contribution in [0, 0.1) is 0 Å². The predicted molar refractivity (Wildman–Crippen MR) is 62.1 cm³/mol. The van der Waals surface area contributed by atoms with Crippen LogP contribution in [0.5, 0.6) is 0 Å². The molecule has 1 aromatic carbocycles. The number of aryl methyl sites for hydroxylation is 1. The summed E-state index contributed by atoms with van der Waals surface area (Å²) in [5.74, 6) is 1.44. The smallest absolute Gasteiger partial charge is 0.140 e. The summed E-state index contributed by atoms with van der Waals surface area (Å²) in [7, 11) is 0. The molecule has 3 heteroatoms. The molecule has 2 aromatic rings. The monoisotopic (exact) mass is 214 g/mol. The molecule has 1 aliphatic rings. The van der Waals surface area contributed by atoms with E-state index in [1.165, 1.54) is 5.56 Å². The van der Waals surface area contributed by atoms with Crippen molar-refractivity contribution in [2.45, 2.75) is 18.8 Å². The minimum absolute atomic E-state index is 0.413. The van der Waals surface area contributed by atoms with E-state index < -0.39 is 0 Å². The van der Waals surface area contributed by atoms with E-state index >= 15 is 0 Å². The lowest BCUT2D eigenvalue weighted by Gasteiger charge is -2.07. The van der Waals surface area contributed by atoms with Crippen molar-refractivity contribution >= 4 is 0 Å². The van der Waals surface area contributed by atoms with E-state index in [0.717, 1.165) is 29.9 Å². The van der Waals surface area contributed by atoms with Gasteiger partial charge in [-0.1, -0.05) is 35.5 Å². The van der Waals surface area contributed by atoms with Crippen molar-refractivity contribution in [1.29, 1.82) is 0 Å². The Labute approximate surface area is 94.2 Å². The summed E-state index contributed by atoms with van der Waals surface area (Å²) >= 11 is 0. The van der Waals surface area contributed by atoms with Crippen LogP contribution in [0.1, 0.15) is 23.7 Å². The van der Waals surface area contributed by atoms with Gasteiger partial charge in [0.15, 0.2) is 0 Å². The van der Waals surface area contributed by atoms with Gasteiger partial charge in [0, 0.05) is 23.5 Å². The molecule has 16 heavy (non-hydrogen) atoms. The molecular weight excluding hydrogens is 200 g/mol. The van der Waals surface area contributed by atoms with E-state index in [2.05, 4.69) is 17.3 Å². The first-order valence-corrected chi connectivity index (χ1v) is 5.64. The molecule has 0 aliphatic heterocycles. The fourth-order valence-corrected chi connectivity index (χ4v) is 2.42. The average molecular weight is 214 g/mol. The molecular formula is C13H14N2O. The van der Waals surface area contributed by atoms with Gasteiger partial charge in [-0.25, -0.2) is 0 Å². The Morgan fingerprint density at radius 2 is 2.12 bits per heavy atom. The van der Waals surface area contributed by atoms with Gasteiger partial charge in [0.25, 0.3) is 0 Å². The number of nitrogens with zero attached hydrogens (tertiary/aromatic N) is 1. The van der Waals surface area contributed by atoms with Crippen LogP contribution in [-0.2, 0) is 6.42 Å². The summed E-state index contributed by atoms with van der Waals surface area (Å²) in [6, 6.07) is 10.2. The molecule has 1 aliphatic carbocycles. The molecule has 0 fully saturated rings. The van der Waals surface area contributed by atoms with Gasteiger partial charge in [-0.05, 0) is 13.0 Å². The first-order chi connectivity index (χ1) is 7.90. The van der Waals surface area contributed by atoms with Crippen LogP contribution in [0.4, 0.5) is 0 Å². The summed E-state index contributed by atoms with van der Waals surface area (Å²) in [6.07, 6.45) is 2.06. The Kier molecular flexibility index (Phi) is 2.26. The molecule has 0 amide bonds. The van der Waals surface area contributed by atoms with Crippen LogP contribution in [0.3, 0.4) is 0 Å². The van der Waals surface area contributed by atoms with E-state index in [0.29, 0.717) is 12.5 Å². The van der Waals surface area contributed by atoms with Crippen molar-refractivity contribution in [2.24, 2.45) is 5.73 Å². The number of hydrogen-bond donors (Lipinski definition) is 1. The number of rotatable bonds is 2. The normalized spacial score (nSPS) is 18.7. The zero-order valence-corrected chi connectivity index (χ0v) is 9.02. The van der Waals surface area contributed by atoms with Gasteiger partial charge < -0.3 is 10.3 Å². The molecule has 1 atom stereocenters. The lowest BCUT2D eigenvalue weighted by atomic mass is 9.98. The van der Waals surface area contributed by atoms with Gasteiger partial charge in [0.2, 0.25) is 0 Å². The lowest BCUT2D eigenvalue weighted by molar-refractivity contribution is 0.388. The van der Waals surface area contributed by atoms with Crippen LogP contribution in [0.2, 0.25) is 0 Å². The molecule has 0 spiro atoms. The van der Waals surface area contributed by atoms with Gasteiger partial charge in [0.05, 0.1) is 0 Å². The predicted octanol–water partition coefficient (Wildman–Crippen LogP) is 2.33. The summed E-state index contributed by atoms with van der Waals surface area (Å²) in [5, 5.41) is 4.18. The van der Waals surface area contributed by atoms with Crippen molar-refractivity contribution in [3.63, 3.8) is 0 Å². The van der Waals surface area contributed by atoms with Gasteiger partial charge in [0.1, 0.15) is 11.5 Å². The van der Waals surface area contributed by atoms with E-state index in [1.807, 2.05) is 18.2 Å². The Bertz CT molecular complexity index is 490. The summed E-state index contributed by atoms with van der Waals surface area (Å²) in [5.41, 5.74) is 9.11. The quantitative estimate of drug-likeness (QED) is 0.834. The van der Waals surface area contributed by atoms with E-state index in [1.54, 1.807) is 0 Å². The fourth-order valence-electron chi connectivity index (χ4n) is 2.42. The van der Waals surface area contributed by atoms with Gasteiger partial charge >= 0.3 is 0 Å². The van der Waals surface area contributed by atoms with Crippen molar-refractivity contribution in [3.05, 3.63) is 41.7 Å². The minimum atomic E-state index is 0.413. The highest BCUT2D eigenvalue weighted by atomic mass is 16.5. The first kappa shape index (κ1) is 9.60. The summed E-state index contributed by atoms with van der Waals surface area (Å²) in [6.45, 7) is 0.675. The number of nitrogens with two attached hydrogens (primary N) is 1. The Balaban J connectivity index is 2.10. The second kappa shape index (κ2) is 3.76. The molecule has 2 N–H and O–H groups in total. The fraction of sp³-hybridized carbons (Fsp3) is 0.308. The Hall–Kier alpha value is -1.61. The number of hydrogen-bond acceptors (Lipinski definition) is 3. The van der Waals surface area contributed by atoms with Crippen molar-refractivity contribution in [3.8, 4) is 11.3 Å². The lowest BCUT2D eigenvalue weighted by Crippen LogP contribution is -2.09. The molecule has 0 radical (unpaired) electrons. The van der Waals surface area contributed by atoms with E-state index in [4.69, 9.17) is 10.3 Å². The van der Waals surface area contributed by atoms with E-state index in [-0.39, 0.29) is 0 Å². The number of benzene rings is 1. The maximum Gasteiger partial charge on any atom is 0.140 e. The molecule has 82 valence electrons. The van der Waals surface area contributed by atoms with Crippen LogP contribution >= 0.6 is 0 Å². The van der Waals surface area contributed by atoms with Crippen LogP contribution < -0.4 is 5.73 Å². The highest BCUT2D eigenvalue weighted by Gasteiger charge is 2.29. The van der Waals surface area contributed by atoms with Crippen LogP contribution in [-0.4, -0.2) is 11.7 Å². The van der Waals surface area contributed by atoms with Crippen molar-refractivity contribution < 1.29 is 4.52 Å². The molecule has 1 aromatic heterocycles. The van der Waals surface area contributed by atoms with Crippen molar-refractivity contribution in [1.82, 2.24) is 5.16 Å². The highest BCUT2D eigenvalue weighted by molar-refractivity contribution is 5.65. The Morgan fingerprint density at radius 3 is 2.88 bits per heavy atom. The summed E-state index contributed by atoms with van der Waals surface area (Å²) < 4.78 is 5.39.